The highest BCUT2D eigenvalue weighted by atomic mass is 16.2. The molecular weight excluding hydrogens is 258 g/mol. The quantitative estimate of drug-likeness (QED) is 0.795. The molecule has 0 atom stereocenters. The van der Waals surface area contributed by atoms with E-state index in [1.165, 1.54) is 11.1 Å². The number of aryl methyl sites for hydroxylation is 1. The van der Waals surface area contributed by atoms with Crippen LogP contribution in [0.25, 0.3) is 11.1 Å². The fourth-order valence-corrected chi connectivity index (χ4v) is 2.59. The van der Waals surface area contributed by atoms with Crippen LogP contribution in [-0.2, 0) is 6.42 Å². The molecule has 21 heavy (non-hydrogen) atoms. The van der Waals surface area contributed by atoms with Gasteiger partial charge in [-0.15, -0.1) is 0 Å². The number of hydrogen-bond acceptors (Lipinski definition) is 1. The molecule has 0 heterocycles. The van der Waals surface area contributed by atoms with E-state index in [0.29, 0.717) is 0 Å². The molecule has 2 aromatic carbocycles. The minimum atomic E-state index is 0.136. The van der Waals surface area contributed by atoms with Crippen LogP contribution in [0, 0.1) is 0 Å². The molecule has 0 aliphatic rings. The zero-order valence-corrected chi connectivity index (χ0v) is 13.1. The Hall–Kier alpha value is -2.09. The van der Waals surface area contributed by atoms with Crippen molar-refractivity contribution in [1.82, 2.24) is 4.90 Å². The molecule has 0 spiro atoms. The van der Waals surface area contributed by atoms with Crippen molar-refractivity contribution in [1.29, 1.82) is 0 Å². The van der Waals surface area contributed by atoms with Crippen LogP contribution in [0.4, 0.5) is 0 Å². The van der Waals surface area contributed by atoms with Gasteiger partial charge < -0.3 is 4.90 Å². The number of rotatable bonds is 5. The summed E-state index contributed by atoms with van der Waals surface area (Å²) < 4.78 is 0. The van der Waals surface area contributed by atoms with Gasteiger partial charge in [-0.2, -0.15) is 0 Å². The van der Waals surface area contributed by atoms with Gasteiger partial charge in [0.15, 0.2) is 0 Å². The topological polar surface area (TPSA) is 20.3 Å². The van der Waals surface area contributed by atoms with E-state index in [4.69, 9.17) is 0 Å². The number of carbonyl (C=O) groups is 1. The lowest BCUT2D eigenvalue weighted by Gasteiger charge is -2.20. The van der Waals surface area contributed by atoms with Crippen molar-refractivity contribution < 1.29 is 4.79 Å². The molecule has 2 aromatic rings. The zero-order valence-electron chi connectivity index (χ0n) is 13.1. The fraction of sp³-hybridized carbons (Fsp3) is 0.316. The van der Waals surface area contributed by atoms with E-state index in [0.717, 1.165) is 30.6 Å². The first-order valence-corrected chi connectivity index (χ1v) is 7.68. The van der Waals surface area contributed by atoms with E-state index >= 15 is 0 Å². The van der Waals surface area contributed by atoms with Gasteiger partial charge in [-0.3, -0.25) is 4.79 Å². The van der Waals surface area contributed by atoms with E-state index in [-0.39, 0.29) is 5.91 Å². The molecule has 2 nitrogen and oxygen atoms in total. The van der Waals surface area contributed by atoms with Crippen LogP contribution in [0.3, 0.4) is 0 Å². The number of carbonyl (C=O) groups excluding carboxylic acids is 1. The third-order valence-electron chi connectivity index (χ3n) is 3.87. The van der Waals surface area contributed by atoms with Gasteiger partial charge in [-0.05, 0) is 43.0 Å². The summed E-state index contributed by atoms with van der Waals surface area (Å²) in [4.78, 5) is 14.4. The lowest BCUT2D eigenvalue weighted by molar-refractivity contribution is 0.0772. The second kappa shape index (κ2) is 7.07. The molecule has 2 rings (SSSR count). The molecule has 1 amide bonds. The van der Waals surface area contributed by atoms with Crippen LogP contribution in [0.1, 0.15) is 36.7 Å². The maximum absolute atomic E-state index is 12.6. The Bertz CT molecular complexity index is 600. The maximum Gasteiger partial charge on any atom is 0.254 e. The van der Waals surface area contributed by atoms with Gasteiger partial charge in [0.1, 0.15) is 0 Å². The van der Waals surface area contributed by atoms with Gasteiger partial charge in [0.2, 0.25) is 0 Å². The summed E-state index contributed by atoms with van der Waals surface area (Å²) in [7, 11) is 0. The first kappa shape index (κ1) is 15.3. The maximum atomic E-state index is 12.6. The molecule has 0 saturated heterocycles. The molecule has 0 bridgehead atoms. The molecule has 2 heteroatoms. The van der Waals surface area contributed by atoms with Crippen LogP contribution in [0.2, 0.25) is 0 Å². The predicted octanol–water partition coefficient (Wildman–Crippen LogP) is 4.40. The molecule has 0 fully saturated rings. The number of amides is 1. The second-order valence-corrected chi connectivity index (χ2v) is 5.07. The fourth-order valence-electron chi connectivity index (χ4n) is 2.59. The van der Waals surface area contributed by atoms with E-state index in [1.54, 1.807) is 0 Å². The zero-order chi connectivity index (χ0) is 15.2. The molecule has 0 unspecified atom stereocenters. The number of benzene rings is 2. The third-order valence-corrected chi connectivity index (χ3v) is 3.87. The molecule has 0 saturated carbocycles. The molecule has 0 N–H and O–H groups in total. The monoisotopic (exact) mass is 281 g/mol. The Kier molecular flexibility index (Phi) is 5.15. The molecule has 0 aliphatic heterocycles. The SMILES string of the molecule is CCc1cc(-c2ccccc2)ccc1C(=O)N(CC)CC. The third kappa shape index (κ3) is 3.33. The second-order valence-electron chi connectivity index (χ2n) is 5.07. The predicted molar refractivity (Wildman–Crippen MR) is 88.5 cm³/mol. The van der Waals surface area contributed by atoms with Crippen molar-refractivity contribution in [3.63, 3.8) is 0 Å². The Morgan fingerprint density at radius 3 is 2.14 bits per heavy atom. The van der Waals surface area contributed by atoms with Crippen molar-refractivity contribution in [2.24, 2.45) is 0 Å². The molecule has 110 valence electrons. The number of nitrogens with zero attached hydrogens (tertiary/aromatic N) is 1. The van der Waals surface area contributed by atoms with Gasteiger partial charge in [-0.1, -0.05) is 49.4 Å². The highest BCUT2D eigenvalue weighted by Crippen LogP contribution is 2.23. The minimum absolute atomic E-state index is 0.136. The normalized spacial score (nSPS) is 10.4. The first-order valence-electron chi connectivity index (χ1n) is 7.68. The summed E-state index contributed by atoms with van der Waals surface area (Å²) in [6, 6.07) is 16.5. The van der Waals surface area contributed by atoms with Gasteiger partial charge in [0.25, 0.3) is 5.91 Å². The smallest absolute Gasteiger partial charge is 0.254 e. The Morgan fingerprint density at radius 2 is 1.57 bits per heavy atom. The van der Waals surface area contributed by atoms with Gasteiger partial charge >= 0.3 is 0 Å². The molecule has 0 aliphatic carbocycles. The molecule has 0 aromatic heterocycles. The Morgan fingerprint density at radius 1 is 0.905 bits per heavy atom. The van der Waals surface area contributed by atoms with E-state index in [1.807, 2.05) is 49.1 Å². The van der Waals surface area contributed by atoms with Crippen LogP contribution < -0.4 is 0 Å². The summed E-state index contributed by atoms with van der Waals surface area (Å²) in [5.41, 5.74) is 4.31. The Balaban J connectivity index is 2.40. The first-order chi connectivity index (χ1) is 10.2. The van der Waals surface area contributed by atoms with Gasteiger partial charge in [0.05, 0.1) is 0 Å². The van der Waals surface area contributed by atoms with Crippen LogP contribution in [0.5, 0.6) is 0 Å². The minimum Gasteiger partial charge on any atom is -0.339 e. The summed E-state index contributed by atoms with van der Waals surface area (Å²) in [6.45, 7) is 7.64. The van der Waals surface area contributed by atoms with Gasteiger partial charge in [0, 0.05) is 18.7 Å². The largest absolute Gasteiger partial charge is 0.339 e. The van der Waals surface area contributed by atoms with E-state index < -0.39 is 0 Å². The van der Waals surface area contributed by atoms with Crippen LogP contribution in [0.15, 0.2) is 48.5 Å². The van der Waals surface area contributed by atoms with Crippen molar-refractivity contribution in [2.75, 3.05) is 13.1 Å². The lowest BCUT2D eigenvalue weighted by atomic mass is 9.97. The molecular formula is C19H23NO. The average molecular weight is 281 g/mol. The summed E-state index contributed by atoms with van der Waals surface area (Å²) in [5, 5.41) is 0. The van der Waals surface area contributed by atoms with E-state index in [2.05, 4.69) is 25.1 Å². The van der Waals surface area contributed by atoms with Crippen molar-refractivity contribution in [3.8, 4) is 11.1 Å². The summed E-state index contributed by atoms with van der Waals surface area (Å²) >= 11 is 0. The number of hydrogen-bond donors (Lipinski definition) is 0. The van der Waals surface area contributed by atoms with Crippen LogP contribution >= 0.6 is 0 Å². The van der Waals surface area contributed by atoms with Crippen molar-refractivity contribution >= 4 is 5.91 Å². The summed E-state index contributed by atoms with van der Waals surface area (Å²) in [6.07, 6.45) is 0.864. The highest BCUT2D eigenvalue weighted by Gasteiger charge is 2.16. The standard InChI is InChI=1S/C19H23NO/c1-4-15-14-17(16-10-8-7-9-11-16)12-13-18(15)19(21)20(5-2)6-3/h7-14H,4-6H2,1-3H3. The van der Waals surface area contributed by atoms with Gasteiger partial charge in [-0.25, -0.2) is 0 Å². The van der Waals surface area contributed by atoms with Crippen molar-refractivity contribution in [3.05, 3.63) is 59.7 Å². The Labute approximate surface area is 127 Å². The molecule has 0 radical (unpaired) electrons. The lowest BCUT2D eigenvalue weighted by Crippen LogP contribution is -2.31. The highest BCUT2D eigenvalue weighted by molar-refractivity contribution is 5.96. The average Bonchev–Trinajstić information content (AvgIpc) is 2.56. The van der Waals surface area contributed by atoms with E-state index in [9.17, 15) is 4.79 Å². The van der Waals surface area contributed by atoms with Crippen LogP contribution in [-0.4, -0.2) is 23.9 Å². The summed E-state index contributed by atoms with van der Waals surface area (Å²) in [5.74, 6) is 0.136. The van der Waals surface area contributed by atoms with Crippen molar-refractivity contribution in [2.45, 2.75) is 27.2 Å².